The van der Waals surface area contributed by atoms with Crippen LogP contribution in [0.15, 0.2) is 22.7 Å². The van der Waals surface area contributed by atoms with Crippen molar-refractivity contribution in [1.82, 2.24) is 0 Å². The molecular weight excluding hydrogens is 286 g/mol. The van der Waals surface area contributed by atoms with Crippen LogP contribution >= 0.6 is 27.5 Å². The molecule has 1 atom stereocenters. The molecule has 1 aromatic carbocycles. The molecule has 15 heavy (non-hydrogen) atoms. The molecule has 0 amide bonds. The zero-order valence-electron chi connectivity index (χ0n) is 8.18. The third-order valence-corrected chi connectivity index (χ3v) is 3.24. The molecule has 5 heteroatoms. The minimum Gasteiger partial charge on any atom is -0.466 e. The van der Waals surface area contributed by atoms with E-state index in [1.165, 1.54) is 18.2 Å². The SMILES string of the molecule is COC(=O)C(C)(F)c1ccc(Cl)c(Br)c1. The highest BCUT2D eigenvalue weighted by Crippen LogP contribution is 2.32. The molecule has 0 fully saturated rings. The van der Waals surface area contributed by atoms with Gasteiger partial charge in [0.2, 0.25) is 5.67 Å². The van der Waals surface area contributed by atoms with Gasteiger partial charge in [0.05, 0.1) is 12.1 Å². The number of hydrogen-bond donors (Lipinski definition) is 0. The average molecular weight is 296 g/mol. The Bertz CT molecular complexity index is 393. The van der Waals surface area contributed by atoms with E-state index in [1.807, 2.05) is 0 Å². The zero-order chi connectivity index (χ0) is 11.6. The Morgan fingerprint density at radius 1 is 1.60 bits per heavy atom. The third kappa shape index (κ3) is 2.49. The van der Waals surface area contributed by atoms with Crippen LogP contribution in [0.3, 0.4) is 0 Å². The molecule has 1 unspecified atom stereocenters. The molecule has 0 aromatic heterocycles. The minimum absolute atomic E-state index is 0.200. The summed E-state index contributed by atoms with van der Waals surface area (Å²) >= 11 is 8.92. The minimum atomic E-state index is -2.16. The average Bonchev–Trinajstić information content (AvgIpc) is 2.20. The normalized spacial score (nSPS) is 14.5. The van der Waals surface area contributed by atoms with Gasteiger partial charge in [-0.2, -0.15) is 0 Å². The first-order chi connectivity index (χ1) is 6.89. The number of benzene rings is 1. The van der Waals surface area contributed by atoms with Crippen molar-refractivity contribution in [2.45, 2.75) is 12.6 Å². The monoisotopic (exact) mass is 294 g/mol. The Labute approximate surface area is 101 Å². The lowest BCUT2D eigenvalue weighted by molar-refractivity contribution is -0.154. The molecule has 0 spiro atoms. The highest BCUT2D eigenvalue weighted by atomic mass is 79.9. The summed E-state index contributed by atoms with van der Waals surface area (Å²) < 4.78 is 18.9. The first-order valence-corrected chi connectivity index (χ1v) is 5.29. The predicted molar refractivity (Wildman–Crippen MR) is 59.6 cm³/mol. The Morgan fingerprint density at radius 2 is 2.20 bits per heavy atom. The second-order valence-electron chi connectivity index (χ2n) is 3.12. The van der Waals surface area contributed by atoms with E-state index in [1.54, 1.807) is 0 Å². The third-order valence-electron chi connectivity index (χ3n) is 2.03. The summed E-state index contributed by atoms with van der Waals surface area (Å²) in [5.41, 5.74) is -1.97. The Balaban J connectivity index is 3.16. The predicted octanol–water partition coefficient (Wildman–Crippen LogP) is 3.46. The summed E-state index contributed by atoms with van der Waals surface area (Å²) in [6, 6.07) is 4.42. The molecule has 2 nitrogen and oxygen atoms in total. The van der Waals surface area contributed by atoms with E-state index < -0.39 is 11.6 Å². The molecule has 0 saturated carbocycles. The number of halogens is 3. The lowest BCUT2D eigenvalue weighted by Crippen LogP contribution is -2.28. The summed E-state index contributed by atoms with van der Waals surface area (Å²) in [4.78, 5) is 11.2. The Hall–Kier alpha value is -0.610. The number of rotatable bonds is 2. The zero-order valence-corrected chi connectivity index (χ0v) is 10.5. The van der Waals surface area contributed by atoms with Gasteiger partial charge in [-0.15, -0.1) is 0 Å². The largest absolute Gasteiger partial charge is 0.466 e. The van der Waals surface area contributed by atoms with Crippen LogP contribution < -0.4 is 0 Å². The standard InChI is InChI=1S/C10H9BrClFO2/c1-10(13,9(14)15-2)6-3-4-8(12)7(11)5-6/h3-5H,1-2H3. The number of carbonyl (C=O) groups is 1. The van der Waals surface area contributed by atoms with E-state index >= 15 is 0 Å². The second-order valence-corrected chi connectivity index (χ2v) is 4.38. The number of ether oxygens (including phenoxy) is 1. The topological polar surface area (TPSA) is 26.3 Å². The van der Waals surface area contributed by atoms with Gasteiger partial charge in [0.25, 0.3) is 0 Å². The van der Waals surface area contributed by atoms with Crippen LogP contribution in [0.2, 0.25) is 5.02 Å². The Kier molecular flexibility index (Phi) is 3.73. The molecule has 1 rings (SSSR count). The maximum absolute atomic E-state index is 14.0. The van der Waals surface area contributed by atoms with Crippen LogP contribution in [0.5, 0.6) is 0 Å². The smallest absolute Gasteiger partial charge is 0.348 e. The first kappa shape index (κ1) is 12.5. The van der Waals surface area contributed by atoms with Gasteiger partial charge in [-0.25, -0.2) is 9.18 Å². The van der Waals surface area contributed by atoms with Crippen LogP contribution in [0.4, 0.5) is 4.39 Å². The quantitative estimate of drug-likeness (QED) is 0.781. The van der Waals surface area contributed by atoms with Crippen molar-refractivity contribution in [3.8, 4) is 0 Å². The number of hydrogen-bond acceptors (Lipinski definition) is 2. The summed E-state index contributed by atoms with van der Waals surface area (Å²) in [6.07, 6.45) is 0. The highest BCUT2D eigenvalue weighted by Gasteiger charge is 2.36. The van der Waals surface area contributed by atoms with Crippen molar-refractivity contribution in [1.29, 1.82) is 0 Å². The fraction of sp³-hybridized carbons (Fsp3) is 0.300. The van der Waals surface area contributed by atoms with Crippen molar-refractivity contribution in [3.63, 3.8) is 0 Å². The van der Waals surface area contributed by atoms with E-state index in [2.05, 4.69) is 20.7 Å². The lowest BCUT2D eigenvalue weighted by Gasteiger charge is -2.18. The van der Waals surface area contributed by atoms with Crippen LogP contribution in [-0.2, 0) is 15.2 Å². The molecule has 0 saturated heterocycles. The van der Waals surface area contributed by atoms with E-state index in [-0.39, 0.29) is 5.56 Å². The Morgan fingerprint density at radius 3 is 2.67 bits per heavy atom. The second kappa shape index (κ2) is 4.49. The molecule has 0 heterocycles. The van der Waals surface area contributed by atoms with Gasteiger partial charge < -0.3 is 4.74 Å². The molecule has 0 N–H and O–H groups in total. The van der Waals surface area contributed by atoms with Crippen LogP contribution in [0.25, 0.3) is 0 Å². The van der Waals surface area contributed by atoms with Crippen molar-refractivity contribution in [2.75, 3.05) is 7.11 Å². The summed E-state index contributed by atoms with van der Waals surface area (Å²) in [5, 5.41) is 0.458. The molecule has 82 valence electrons. The van der Waals surface area contributed by atoms with Crippen molar-refractivity contribution >= 4 is 33.5 Å². The number of esters is 1. The molecule has 1 aromatic rings. The summed E-state index contributed by atoms with van der Waals surface area (Å²) in [7, 11) is 1.14. The highest BCUT2D eigenvalue weighted by molar-refractivity contribution is 9.10. The molecule has 0 radical (unpaired) electrons. The van der Waals surface area contributed by atoms with E-state index in [4.69, 9.17) is 11.6 Å². The summed E-state index contributed by atoms with van der Waals surface area (Å²) in [6.45, 7) is 1.15. The molecular formula is C10H9BrClFO2. The fourth-order valence-electron chi connectivity index (χ4n) is 1.10. The van der Waals surface area contributed by atoms with Gasteiger partial charge in [0.15, 0.2) is 0 Å². The van der Waals surface area contributed by atoms with Gasteiger partial charge in [-0.3, -0.25) is 0 Å². The van der Waals surface area contributed by atoms with Crippen LogP contribution in [-0.4, -0.2) is 13.1 Å². The molecule has 0 aliphatic rings. The number of methoxy groups -OCH3 is 1. The van der Waals surface area contributed by atoms with Crippen molar-refractivity contribution in [2.24, 2.45) is 0 Å². The van der Waals surface area contributed by atoms with Crippen LogP contribution in [0, 0.1) is 0 Å². The van der Waals surface area contributed by atoms with Crippen LogP contribution in [0.1, 0.15) is 12.5 Å². The van der Waals surface area contributed by atoms with E-state index in [9.17, 15) is 9.18 Å². The number of alkyl halides is 1. The van der Waals surface area contributed by atoms with Gasteiger partial charge >= 0.3 is 5.97 Å². The van der Waals surface area contributed by atoms with Crippen molar-refractivity contribution in [3.05, 3.63) is 33.3 Å². The molecule has 0 aliphatic carbocycles. The molecule has 0 aliphatic heterocycles. The first-order valence-electron chi connectivity index (χ1n) is 4.12. The maximum Gasteiger partial charge on any atom is 0.348 e. The van der Waals surface area contributed by atoms with E-state index in [0.29, 0.717) is 9.50 Å². The van der Waals surface area contributed by atoms with Crippen molar-refractivity contribution < 1.29 is 13.9 Å². The van der Waals surface area contributed by atoms with Gasteiger partial charge in [0, 0.05) is 10.0 Å². The lowest BCUT2D eigenvalue weighted by atomic mass is 9.98. The van der Waals surface area contributed by atoms with E-state index in [0.717, 1.165) is 14.0 Å². The maximum atomic E-state index is 14.0. The molecule has 0 bridgehead atoms. The fourth-order valence-corrected chi connectivity index (χ4v) is 1.59. The van der Waals surface area contributed by atoms with Gasteiger partial charge in [-0.05, 0) is 35.0 Å². The van der Waals surface area contributed by atoms with Gasteiger partial charge in [0.1, 0.15) is 0 Å². The van der Waals surface area contributed by atoms with Gasteiger partial charge in [-0.1, -0.05) is 17.7 Å². The number of carbonyl (C=O) groups excluding carboxylic acids is 1. The summed E-state index contributed by atoms with van der Waals surface area (Å²) in [5.74, 6) is -0.934.